The molecule has 0 fully saturated rings. The van der Waals surface area contributed by atoms with E-state index >= 15 is 0 Å². The lowest BCUT2D eigenvalue weighted by Gasteiger charge is -2.16. The van der Waals surface area contributed by atoms with Crippen LogP contribution in [0.2, 0.25) is 15.1 Å². The topological polar surface area (TPSA) is 64.1 Å². The van der Waals surface area contributed by atoms with Crippen LogP contribution in [0.25, 0.3) is 0 Å². The minimum absolute atomic E-state index is 0.163. The summed E-state index contributed by atoms with van der Waals surface area (Å²) in [5.41, 5.74) is 4.67. The Balaban J connectivity index is 1.78. The molecule has 27 heavy (non-hydrogen) atoms. The van der Waals surface area contributed by atoms with E-state index in [4.69, 9.17) is 56.5 Å². The van der Waals surface area contributed by atoms with Crippen LogP contribution in [0.4, 0.5) is 0 Å². The van der Waals surface area contributed by atoms with E-state index in [1.54, 1.807) is 42.4 Å². The van der Waals surface area contributed by atoms with E-state index in [0.29, 0.717) is 43.4 Å². The molecule has 0 saturated heterocycles. The van der Waals surface area contributed by atoms with Gasteiger partial charge in [0.1, 0.15) is 12.9 Å². The molecule has 0 aliphatic heterocycles. The third-order valence-electron chi connectivity index (χ3n) is 3.72. The van der Waals surface area contributed by atoms with Crippen molar-refractivity contribution in [3.05, 3.63) is 67.6 Å². The van der Waals surface area contributed by atoms with Crippen molar-refractivity contribution in [3.8, 4) is 11.5 Å². The highest BCUT2D eigenvalue weighted by Crippen LogP contribution is 2.38. The Hall–Kier alpha value is -1.93. The maximum atomic E-state index is 6.41. The average Bonchev–Trinajstić information content (AvgIpc) is 3.05. The quantitative estimate of drug-likeness (QED) is 0.487. The summed E-state index contributed by atoms with van der Waals surface area (Å²) in [4.78, 5) is 0. The molecule has 0 unspecified atom stereocenters. The van der Waals surface area contributed by atoms with Crippen LogP contribution in [0.1, 0.15) is 11.1 Å². The number of rotatable bonds is 7. The van der Waals surface area contributed by atoms with Crippen molar-refractivity contribution in [3.63, 3.8) is 0 Å². The molecule has 1 aromatic heterocycles. The molecule has 3 aromatic rings. The fourth-order valence-electron chi connectivity index (χ4n) is 2.37. The third-order valence-corrected chi connectivity index (χ3v) is 4.99. The minimum atomic E-state index is 0.163. The number of aromatic amines is 1. The van der Waals surface area contributed by atoms with Crippen molar-refractivity contribution in [2.24, 2.45) is 0 Å². The first-order chi connectivity index (χ1) is 13.0. The van der Waals surface area contributed by atoms with Crippen LogP contribution < -0.4 is 14.9 Å². The van der Waals surface area contributed by atoms with Gasteiger partial charge in [-0.25, -0.2) is 4.68 Å². The first-order valence-corrected chi connectivity index (χ1v) is 9.31. The Morgan fingerprint density at radius 1 is 1.19 bits per heavy atom. The first-order valence-electron chi connectivity index (χ1n) is 7.77. The molecule has 2 N–H and O–H groups in total. The Bertz CT molecular complexity index is 986. The number of H-pyrrole nitrogens is 1. The van der Waals surface area contributed by atoms with Gasteiger partial charge in [0.25, 0.3) is 0 Å². The molecule has 10 heteroatoms. The molecular formula is C17H15Cl3N4O2S. The van der Waals surface area contributed by atoms with E-state index in [0.717, 1.165) is 5.56 Å². The standard InChI is InChI=1S/C17H15Cl3N4O2S/c1-25-15-6-10(7-22-24-9-21-23-17(24)27)5-14(20)16(15)26-8-11-12(18)3-2-4-13(11)19/h2-6,9,22H,7-8H2,1H3,(H,23,27). The Kier molecular flexibility index (Phi) is 6.49. The molecule has 0 saturated carbocycles. The zero-order chi connectivity index (χ0) is 19.4. The van der Waals surface area contributed by atoms with E-state index < -0.39 is 0 Å². The van der Waals surface area contributed by atoms with Crippen molar-refractivity contribution >= 4 is 47.0 Å². The molecule has 0 amide bonds. The zero-order valence-corrected chi connectivity index (χ0v) is 17.2. The van der Waals surface area contributed by atoms with Gasteiger partial charge in [0.15, 0.2) is 11.5 Å². The number of hydrogen-bond acceptors (Lipinski definition) is 5. The van der Waals surface area contributed by atoms with Gasteiger partial charge in [-0.15, -0.1) is 0 Å². The highest BCUT2D eigenvalue weighted by molar-refractivity contribution is 7.71. The fourth-order valence-corrected chi connectivity index (χ4v) is 3.33. The van der Waals surface area contributed by atoms with Gasteiger partial charge >= 0.3 is 0 Å². The second-order valence-corrected chi connectivity index (χ2v) is 7.07. The molecule has 0 radical (unpaired) electrons. The number of benzene rings is 2. The molecule has 2 aromatic carbocycles. The zero-order valence-electron chi connectivity index (χ0n) is 14.1. The third kappa shape index (κ3) is 4.68. The van der Waals surface area contributed by atoms with Crippen molar-refractivity contribution in [1.82, 2.24) is 14.9 Å². The van der Waals surface area contributed by atoms with Crippen molar-refractivity contribution in [2.45, 2.75) is 13.2 Å². The predicted octanol–water partition coefficient (Wildman–Crippen LogP) is 5.23. The molecule has 3 rings (SSSR count). The van der Waals surface area contributed by atoms with Gasteiger partial charge in [-0.05, 0) is 42.0 Å². The summed E-state index contributed by atoms with van der Waals surface area (Å²) in [6, 6.07) is 8.88. The molecular weight excluding hydrogens is 431 g/mol. The Morgan fingerprint density at radius 2 is 1.93 bits per heavy atom. The lowest BCUT2D eigenvalue weighted by Crippen LogP contribution is -2.13. The van der Waals surface area contributed by atoms with Gasteiger partial charge in [-0.3, -0.25) is 5.10 Å². The molecule has 142 valence electrons. The monoisotopic (exact) mass is 444 g/mol. The van der Waals surface area contributed by atoms with Gasteiger partial charge in [0.2, 0.25) is 4.77 Å². The number of methoxy groups -OCH3 is 1. The normalized spacial score (nSPS) is 10.7. The van der Waals surface area contributed by atoms with Gasteiger partial charge in [0.05, 0.1) is 18.7 Å². The predicted molar refractivity (Wildman–Crippen MR) is 109 cm³/mol. The summed E-state index contributed by atoms with van der Waals surface area (Å²) in [6.45, 7) is 0.622. The number of hydrogen-bond donors (Lipinski definition) is 2. The van der Waals surface area contributed by atoms with Crippen LogP contribution in [-0.4, -0.2) is 22.0 Å². The van der Waals surface area contributed by atoms with Crippen LogP contribution in [-0.2, 0) is 13.2 Å². The van der Waals surface area contributed by atoms with E-state index in [1.165, 1.54) is 0 Å². The van der Waals surface area contributed by atoms with Gasteiger partial charge in [-0.1, -0.05) is 40.9 Å². The summed E-state index contributed by atoms with van der Waals surface area (Å²) in [7, 11) is 1.55. The molecule has 0 aliphatic carbocycles. The minimum Gasteiger partial charge on any atom is -0.493 e. The fraction of sp³-hybridized carbons (Fsp3) is 0.176. The van der Waals surface area contributed by atoms with E-state index in [-0.39, 0.29) is 6.61 Å². The van der Waals surface area contributed by atoms with Crippen LogP contribution in [0.5, 0.6) is 11.5 Å². The molecule has 0 atom stereocenters. The average molecular weight is 446 g/mol. The Morgan fingerprint density at radius 3 is 2.56 bits per heavy atom. The number of nitrogens with zero attached hydrogens (tertiary/aromatic N) is 2. The molecule has 0 bridgehead atoms. The second-order valence-electron chi connectivity index (χ2n) is 5.46. The van der Waals surface area contributed by atoms with Crippen LogP contribution >= 0.6 is 47.0 Å². The molecule has 6 nitrogen and oxygen atoms in total. The summed E-state index contributed by atoms with van der Waals surface area (Å²) in [6.07, 6.45) is 1.55. The first kappa shape index (κ1) is 19.8. The van der Waals surface area contributed by atoms with Crippen LogP contribution in [0.15, 0.2) is 36.7 Å². The smallest absolute Gasteiger partial charge is 0.214 e. The number of aromatic nitrogens is 3. The summed E-state index contributed by atoms with van der Waals surface area (Å²) >= 11 is 23.9. The number of halogens is 3. The molecule has 0 spiro atoms. The summed E-state index contributed by atoms with van der Waals surface area (Å²) < 4.78 is 13.3. The summed E-state index contributed by atoms with van der Waals surface area (Å²) in [5, 5.41) is 7.96. The lowest BCUT2D eigenvalue weighted by atomic mass is 10.2. The van der Waals surface area contributed by atoms with Crippen molar-refractivity contribution in [2.75, 3.05) is 12.5 Å². The van der Waals surface area contributed by atoms with Gasteiger partial charge < -0.3 is 14.9 Å². The van der Waals surface area contributed by atoms with Crippen molar-refractivity contribution in [1.29, 1.82) is 0 Å². The second kappa shape index (κ2) is 8.84. The van der Waals surface area contributed by atoms with Gasteiger partial charge in [-0.2, -0.15) is 5.10 Å². The van der Waals surface area contributed by atoms with Gasteiger partial charge in [0, 0.05) is 15.6 Å². The molecule has 1 heterocycles. The SMILES string of the molecule is COc1cc(CNn2cn[nH]c2=S)cc(Cl)c1OCc1c(Cl)cccc1Cl. The van der Waals surface area contributed by atoms with E-state index in [2.05, 4.69) is 15.6 Å². The lowest BCUT2D eigenvalue weighted by molar-refractivity contribution is 0.284. The largest absolute Gasteiger partial charge is 0.493 e. The summed E-state index contributed by atoms with van der Waals surface area (Å²) in [5.74, 6) is 0.914. The number of ether oxygens (including phenoxy) is 2. The Labute approximate surface area is 175 Å². The number of nitrogens with one attached hydrogen (secondary N) is 2. The van der Waals surface area contributed by atoms with Crippen molar-refractivity contribution < 1.29 is 9.47 Å². The maximum absolute atomic E-state index is 6.41. The van der Waals surface area contributed by atoms with Crippen LogP contribution in [0.3, 0.4) is 0 Å². The maximum Gasteiger partial charge on any atom is 0.214 e. The highest BCUT2D eigenvalue weighted by atomic mass is 35.5. The van der Waals surface area contributed by atoms with Crippen LogP contribution in [0, 0.1) is 4.77 Å². The highest BCUT2D eigenvalue weighted by Gasteiger charge is 2.14. The van der Waals surface area contributed by atoms with E-state index in [1.807, 2.05) is 6.07 Å². The molecule has 0 aliphatic rings. The van der Waals surface area contributed by atoms with E-state index in [9.17, 15) is 0 Å².